The van der Waals surface area contributed by atoms with E-state index < -0.39 is 5.76 Å². The van der Waals surface area contributed by atoms with Crippen LogP contribution in [0.25, 0.3) is 11.3 Å². The maximum absolute atomic E-state index is 11.1. The smallest absolute Gasteiger partial charge is 0.416 e. The number of aryl methyl sites for hydroxylation is 1. The molecule has 0 saturated carbocycles. The largest absolute Gasteiger partial charge is 0.497 e. The summed E-state index contributed by atoms with van der Waals surface area (Å²) in [5.41, 5.74) is 1.62. The van der Waals surface area contributed by atoms with Gasteiger partial charge in [0, 0.05) is 12.0 Å². The van der Waals surface area contributed by atoms with E-state index in [0.29, 0.717) is 12.2 Å². The van der Waals surface area contributed by atoms with E-state index in [1.54, 1.807) is 7.11 Å². The zero-order chi connectivity index (χ0) is 11.5. The Labute approximate surface area is 92.9 Å². The average Bonchev–Trinajstić information content (AvgIpc) is 2.70. The van der Waals surface area contributed by atoms with Gasteiger partial charge >= 0.3 is 5.76 Å². The van der Waals surface area contributed by atoms with E-state index in [-0.39, 0.29) is 0 Å². The Morgan fingerprint density at radius 3 is 2.94 bits per heavy atom. The predicted octanol–water partition coefficient (Wildman–Crippen LogP) is 2.21. The van der Waals surface area contributed by atoms with Crippen molar-refractivity contribution in [1.29, 1.82) is 0 Å². The molecule has 2 aromatic rings. The fraction of sp³-hybridized carbons (Fsp3) is 0.250. The third kappa shape index (κ3) is 1.86. The molecule has 16 heavy (non-hydrogen) atoms. The molecule has 1 N–H and O–H groups in total. The van der Waals surface area contributed by atoms with E-state index in [0.717, 1.165) is 17.0 Å². The number of hydrogen-bond donors (Lipinski definition) is 1. The summed E-state index contributed by atoms with van der Waals surface area (Å²) in [7, 11) is 1.61. The van der Waals surface area contributed by atoms with Crippen LogP contribution in [0, 0.1) is 0 Å². The zero-order valence-corrected chi connectivity index (χ0v) is 9.24. The normalized spacial score (nSPS) is 10.4. The van der Waals surface area contributed by atoms with Crippen LogP contribution >= 0.6 is 0 Å². The highest BCUT2D eigenvalue weighted by Gasteiger charge is 2.10. The Morgan fingerprint density at radius 2 is 2.25 bits per heavy atom. The highest BCUT2D eigenvalue weighted by Crippen LogP contribution is 2.24. The first-order valence-corrected chi connectivity index (χ1v) is 5.11. The summed E-state index contributed by atoms with van der Waals surface area (Å²) in [6.07, 6.45) is 0.672. The molecule has 1 aromatic carbocycles. The molecule has 0 radical (unpaired) electrons. The third-order valence-electron chi connectivity index (χ3n) is 2.40. The van der Waals surface area contributed by atoms with Crippen molar-refractivity contribution < 1.29 is 9.15 Å². The number of benzene rings is 1. The molecule has 1 aromatic heterocycles. The lowest BCUT2D eigenvalue weighted by molar-refractivity contribution is 0.415. The molecule has 0 aliphatic rings. The minimum Gasteiger partial charge on any atom is -0.497 e. The maximum atomic E-state index is 11.1. The van der Waals surface area contributed by atoms with Crippen molar-refractivity contribution in [2.24, 2.45) is 0 Å². The lowest BCUT2D eigenvalue weighted by Crippen LogP contribution is -1.94. The van der Waals surface area contributed by atoms with Gasteiger partial charge in [-0.05, 0) is 12.1 Å². The van der Waals surface area contributed by atoms with E-state index in [1.165, 1.54) is 0 Å². The summed E-state index contributed by atoms with van der Waals surface area (Å²) < 4.78 is 10.2. The zero-order valence-electron chi connectivity index (χ0n) is 9.24. The van der Waals surface area contributed by atoms with Crippen molar-refractivity contribution in [2.75, 3.05) is 7.11 Å². The number of ether oxygens (including phenoxy) is 1. The summed E-state index contributed by atoms with van der Waals surface area (Å²) in [6, 6.07) is 7.49. The number of nitrogens with one attached hydrogen (secondary N) is 1. The maximum Gasteiger partial charge on any atom is 0.416 e. The highest BCUT2D eigenvalue weighted by molar-refractivity contribution is 5.62. The van der Waals surface area contributed by atoms with Crippen molar-refractivity contribution in [2.45, 2.75) is 13.3 Å². The van der Waals surface area contributed by atoms with Gasteiger partial charge in [-0.3, -0.25) is 4.98 Å². The molecule has 1 heterocycles. The Kier molecular flexibility index (Phi) is 2.81. The van der Waals surface area contributed by atoms with E-state index >= 15 is 0 Å². The lowest BCUT2D eigenvalue weighted by Gasteiger charge is -2.03. The predicted molar refractivity (Wildman–Crippen MR) is 60.7 cm³/mol. The van der Waals surface area contributed by atoms with Crippen LogP contribution < -0.4 is 10.5 Å². The molecule has 0 fully saturated rings. The minimum atomic E-state index is -0.422. The van der Waals surface area contributed by atoms with Crippen LogP contribution in [0.4, 0.5) is 0 Å². The first-order chi connectivity index (χ1) is 7.74. The number of hydrogen-bond acceptors (Lipinski definition) is 3. The minimum absolute atomic E-state index is 0.422. The molecule has 84 valence electrons. The number of methoxy groups -OCH3 is 1. The molecule has 0 unspecified atom stereocenters. The number of rotatable bonds is 3. The summed E-state index contributed by atoms with van der Waals surface area (Å²) >= 11 is 0. The molecular weight excluding hydrogens is 206 g/mol. The van der Waals surface area contributed by atoms with Crippen LogP contribution in [-0.4, -0.2) is 12.1 Å². The van der Waals surface area contributed by atoms with Crippen LogP contribution in [0.2, 0.25) is 0 Å². The molecule has 0 aliphatic heterocycles. The molecule has 4 nitrogen and oxygen atoms in total. The Balaban J connectivity index is 2.53. The van der Waals surface area contributed by atoms with Gasteiger partial charge in [-0.25, -0.2) is 4.79 Å². The van der Waals surface area contributed by atoms with E-state index in [2.05, 4.69) is 4.98 Å². The van der Waals surface area contributed by atoms with Crippen LogP contribution in [0.1, 0.15) is 12.7 Å². The molecule has 0 bridgehead atoms. The van der Waals surface area contributed by atoms with Crippen molar-refractivity contribution >= 4 is 0 Å². The van der Waals surface area contributed by atoms with E-state index in [4.69, 9.17) is 9.15 Å². The van der Waals surface area contributed by atoms with Crippen LogP contribution in [0.3, 0.4) is 0 Å². The standard InChI is InChI=1S/C12H13NO3/c1-3-10-11(13-12(14)16-10)8-5-4-6-9(7-8)15-2/h4-7H,3H2,1-2H3,(H,13,14). The second-order valence-corrected chi connectivity index (χ2v) is 3.40. The Morgan fingerprint density at radius 1 is 1.44 bits per heavy atom. The van der Waals surface area contributed by atoms with Gasteiger partial charge < -0.3 is 9.15 Å². The summed E-state index contributed by atoms with van der Waals surface area (Å²) in [5, 5.41) is 0. The monoisotopic (exact) mass is 219 g/mol. The van der Waals surface area contributed by atoms with Crippen molar-refractivity contribution in [3.63, 3.8) is 0 Å². The molecule has 0 saturated heterocycles. The van der Waals surface area contributed by atoms with Gasteiger partial charge in [0.15, 0.2) is 0 Å². The number of oxazole rings is 1. The highest BCUT2D eigenvalue weighted by atomic mass is 16.5. The Bertz CT molecular complexity index is 539. The van der Waals surface area contributed by atoms with Crippen LogP contribution in [0.5, 0.6) is 5.75 Å². The molecule has 4 heteroatoms. The summed E-state index contributed by atoms with van der Waals surface area (Å²) in [6.45, 7) is 1.94. The molecular formula is C12H13NO3. The first-order valence-electron chi connectivity index (χ1n) is 5.11. The first kappa shape index (κ1) is 10.5. The van der Waals surface area contributed by atoms with E-state index in [1.807, 2.05) is 31.2 Å². The number of H-pyrrole nitrogens is 1. The van der Waals surface area contributed by atoms with Gasteiger partial charge in [0.05, 0.1) is 12.8 Å². The quantitative estimate of drug-likeness (QED) is 0.861. The van der Waals surface area contributed by atoms with Gasteiger partial charge in [-0.15, -0.1) is 0 Å². The SMILES string of the molecule is CCc1oc(=O)[nH]c1-c1cccc(OC)c1. The third-order valence-corrected chi connectivity index (χ3v) is 2.40. The molecule has 2 rings (SSSR count). The van der Waals surface area contributed by atoms with Gasteiger partial charge in [0.2, 0.25) is 0 Å². The molecule has 0 aliphatic carbocycles. The van der Waals surface area contributed by atoms with Crippen molar-refractivity contribution in [1.82, 2.24) is 4.98 Å². The van der Waals surface area contributed by atoms with Gasteiger partial charge in [-0.2, -0.15) is 0 Å². The van der Waals surface area contributed by atoms with Crippen molar-refractivity contribution in [3.8, 4) is 17.0 Å². The van der Waals surface area contributed by atoms with E-state index in [9.17, 15) is 4.79 Å². The van der Waals surface area contributed by atoms with Gasteiger partial charge in [0.1, 0.15) is 11.5 Å². The molecule has 0 atom stereocenters. The lowest BCUT2D eigenvalue weighted by atomic mass is 10.1. The number of aromatic amines is 1. The number of aromatic nitrogens is 1. The summed E-state index contributed by atoms with van der Waals surface area (Å²) in [4.78, 5) is 13.8. The fourth-order valence-electron chi connectivity index (χ4n) is 1.62. The summed E-state index contributed by atoms with van der Waals surface area (Å²) in [5.74, 6) is 0.995. The molecule has 0 amide bonds. The van der Waals surface area contributed by atoms with Crippen LogP contribution in [0.15, 0.2) is 33.5 Å². The Hall–Kier alpha value is -1.97. The van der Waals surface area contributed by atoms with Crippen molar-refractivity contribution in [3.05, 3.63) is 40.6 Å². The van der Waals surface area contributed by atoms with Gasteiger partial charge in [-0.1, -0.05) is 19.1 Å². The van der Waals surface area contributed by atoms with Gasteiger partial charge in [0.25, 0.3) is 0 Å². The molecule has 0 spiro atoms. The topological polar surface area (TPSA) is 55.2 Å². The van der Waals surface area contributed by atoms with Crippen LogP contribution in [-0.2, 0) is 6.42 Å². The average molecular weight is 219 g/mol. The second kappa shape index (κ2) is 4.26. The fourth-order valence-corrected chi connectivity index (χ4v) is 1.62. The second-order valence-electron chi connectivity index (χ2n) is 3.40.